The number of carbonyl (C=O) groups excluding carboxylic acids is 1. The summed E-state index contributed by atoms with van der Waals surface area (Å²) in [7, 11) is -2.00. The van der Waals surface area contributed by atoms with Crippen molar-refractivity contribution in [3.05, 3.63) is 59.4 Å². The van der Waals surface area contributed by atoms with Gasteiger partial charge < -0.3 is 9.64 Å². The van der Waals surface area contributed by atoms with Crippen LogP contribution >= 0.6 is 0 Å². The largest absolute Gasteiger partial charge is 0.383 e. The molecule has 0 bridgehead atoms. The van der Waals surface area contributed by atoms with Gasteiger partial charge in [-0.1, -0.05) is 6.07 Å². The highest BCUT2D eigenvalue weighted by Gasteiger charge is 2.35. The Kier molecular flexibility index (Phi) is 5.67. The molecule has 0 N–H and O–H groups in total. The van der Waals surface area contributed by atoms with E-state index >= 15 is 0 Å². The Morgan fingerprint density at radius 2 is 1.97 bits per heavy atom. The molecule has 0 spiro atoms. The molecule has 2 aromatic rings. The minimum Gasteiger partial charge on any atom is -0.383 e. The Morgan fingerprint density at radius 3 is 2.72 bits per heavy atom. The van der Waals surface area contributed by atoms with Crippen LogP contribution in [-0.4, -0.2) is 61.4 Å². The lowest BCUT2D eigenvalue weighted by Crippen LogP contribution is -2.38. The van der Waals surface area contributed by atoms with Crippen LogP contribution in [0.5, 0.6) is 0 Å². The molecule has 0 saturated carbocycles. The fourth-order valence-corrected chi connectivity index (χ4v) is 5.89. The maximum absolute atomic E-state index is 13.2. The Labute approximate surface area is 171 Å². The number of hydrogen-bond acceptors (Lipinski definition) is 5. The molecule has 0 radical (unpaired) electrons. The van der Waals surface area contributed by atoms with E-state index in [1.54, 1.807) is 53.0 Å². The number of aromatic nitrogens is 1. The molecule has 3 heterocycles. The van der Waals surface area contributed by atoms with E-state index in [2.05, 4.69) is 4.98 Å². The molecule has 8 heteroatoms. The monoisotopic (exact) mass is 415 g/mol. The van der Waals surface area contributed by atoms with Gasteiger partial charge >= 0.3 is 0 Å². The summed E-state index contributed by atoms with van der Waals surface area (Å²) in [6, 6.07) is 8.59. The average molecular weight is 416 g/mol. The zero-order chi connectivity index (χ0) is 20.4. The van der Waals surface area contributed by atoms with E-state index in [4.69, 9.17) is 4.74 Å². The van der Waals surface area contributed by atoms with Crippen molar-refractivity contribution in [1.82, 2.24) is 14.2 Å². The van der Waals surface area contributed by atoms with Gasteiger partial charge in [0.25, 0.3) is 5.91 Å². The SMILES string of the molecule is COCC1CCCN1S(=O)(=O)c1ccc2c(c1)CN(C(=O)c1ccncc1)CC2. The third-order valence-electron chi connectivity index (χ3n) is 5.69. The van der Waals surface area contributed by atoms with Crippen molar-refractivity contribution >= 4 is 15.9 Å². The van der Waals surface area contributed by atoms with Crippen LogP contribution in [0.15, 0.2) is 47.6 Å². The molecule has 1 fully saturated rings. The van der Waals surface area contributed by atoms with Crippen LogP contribution in [0, 0.1) is 0 Å². The second-order valence-corrected chi connectivity index (χ2v) is 9.40. The highest BCUT2D eigenvalue weighted by Crippen LogP contribution is 2.29. The first-order valence-corrected chi connectivity index (χ1v) is 11.3. The van der Waals surface area contributed by atoms with E-state index in [9.17, 15) is 13.2 Å². The summed E-state index contributed by atoms with van der Waals surface area (Å²) in [5.41, 5.74) is 2.58. The van der Waals surface area contributed by atoms with Gasteiger partial charge in [-0.2, -0.15) is 4.31 Å². The first-order chi connectivity index (χ1) is 14.0. The summed E-state index contributed by atoms with van der Waals surface area (Å²) < 4.78 is 33.2. The molecule has 1 saturated heterocycles. The predicted octanol–water partition coefficient (Wildman–Crippen LogP) is 2.08. The summed E-state index contributed by atoms with van der Waals surface area (Å²) in [6.07, 6.45) is 5.56. The van der Waals surface area contributed by atoms with Crippen LogP contribution in [0.1, 0.15) is 34.3 Å². The lowest BCUT2D eigenvalue weighted by Gasteiger charge is -2.30. The fourth-order valence-electron chi connectivity index (χ4n) is 4.16. The minimum atomic E-state index is -3.59. The molecule has 2 aliphatic rings. The first kappa shape index (κ1) is 20.0. The molecule has 1 unspecified atom stereocenters. The van der Waals surface area contributed by atoms with Gasteiger partial charge in [0.05, 0.1) is 11.5 Å². The number of benzene rings is 1. The van der Waals surface area contributed by atoms with Crippen LogP contribution in [0.25, 0.3) is 0 Å². The van der Waals surface area contributed by atoms with Gasteiger partial charge in [-0.3, -0.25) is 9.78 Å². The van der Waals surface area contributed by atoms with Crippen molar-refractivity contribution in [2.24, 2.45) is 0 Å². The highest BCUT2D eigenvalue weighted by molar-refractivity contribution is 7.89. The van der Waals surface area contributed by atoms with Gasteiger partial charge in [0.1, 0.15) is 0 Å². The van der Waals surface area contributed by atoms with Crippen LogP contribution in [-0.2, 0) is 27.7 Å². The predicted molar refractivity (Wildman–Crippen MR) is 108 cm³/mol. The van der Waals surface area contributed by atoms with Crippen molar-refractivity contribution in [3.63, 3.8) is 0 Å². The number of methoxy groups -OCH3 is 1. The smallest absolute Gasteiger partial charge is 0.254 e. The first-order valence-electron chi connectivity index (χ1n) is 9.82. The quantitative estimate of drug-likeness (QED) is 0.747. The van der Waals surface area contributed by atoms with Crippen LogP contribution < -0.4 is 0 Å². The number of fused-ring (bicyclic) bond motifs is 1. The number of ether oxygens (including phenoxy) is 1. The summed E-state index contributed by atoms with van der Waals surface area (Å²) in [5, 5.41) is 0. The molecule has 1 aromatic carbocycles. The van der Waals surface area contributed by atoms with Crippen LogP contribution in [0.4, 0.5) is 0 Å². The summed E-state index contributed by atoms with van der Waals surface area (Å²) >= 11 is 0. The molecule has 1 aromatic heterocycles. The van der Waals surface area contributed by atoms with Gasteiger partial charge in [-0.05, 0) is 54.7 Å². The second kappa shape index (κ2) is 8.22. The number of nitrogens with zero attached hydrogens (tertiary/aromatic N) is 3. The normalized spacial score (nSPS) is 19.9. The van der Waals surface area contributed by atoms with E-state index in [0.29, 0.717) is 38.2 Å². The molecule has 1 amide bonds. The highest BCUT2D eigenvalue weighted by atomic mass is 32.2. The van der Waals surface area contributed by atoms with E-state index in [1.165, 1.54) is 0 Å². The van der Waals surface area contributed by atoms with Crippen molar-refractivity contribution in [3.8, 4) is 0 Å². The number of sulfonamides is 1. The molecule has 1 atom stereocenters. The summed E-state index contributed by atoms with van der Waals surface area (Å²) in [6.45, 7) is 1.93. The molecule has 29 heavy (non-hydrogen) atoms. The minimum absolute atomic E-state index is 0.0639. The molecule has 4 rings (SSSR count). The van der Waals surface area contributed by atoms with Crippen molar-refractivity contribution < 1.29 is 17.9 Å². The number of rotatable bonds is 5. The Hall–Kier alpha value is -2.29. The number of carbonyl (C=O) groups is 1. The molecule has 7 nitrogen and oxygen atoms in total. The Morgan fingerprint density at radius 1 is 1.17 bits per heavy atom. The van der Waals surface area contributed by atoms with Gasteiger partial charge in [-0.15, -0.1) is 0 Å². The third kappa shape index (κ3) is 3.92. The van der Waals surface area contributed by atoms with Gasteiger partial charge in [0.15, 0.2) is 0 Å². The summed E-state index contributed by atoms with van der Waals surface area (Å²) in [4.78, 5) is 18.8. The van der Waals surface area contributed by atoms with E-state index in [0.717, 1.165) is 24.0 Å². The number of hydrogen-bond donors (Lipinski definition) is 0. The molecule has 0 aliphatic carbocycles. The average Bonchev–Trinajstić information content (AvgIpc) is 3.22. The lowest BCUT2D eigenvalue weighted by atomic mass is 9.99. The van der Waals surface area contributed by atoms with E-state index in [1.807, 2.05) is 6.07 Å². The number of pyridine rings is 1. The van der Waals surface area contributed by atoms with Crippen molar-refractivity contribution in [2.45, 2.75) is 36.7 Å². The molecular weight excluding hydrogens is 390 g/mol. The van der Waals surface area contributed by atoms with E-state index in [-0.39, 0.29) is 16.8 Å². The van der Waals surface area contributed by atoms with Crippen molar-refractivity contribution in [1.29, 1.82) is 0 Å². The zero-order valence-corrected chi connectivity index (χ0v) is 17.3. The van der Waals surface area contributed by atoms with Crippen LogP contribution in [0.2, 0.25) is 0 Å². The second-order valence-electron chi connectivity index (χ2n) is 7.51. The lowest BCUT2D eigenvalue weighted by molar-refractivity contribution is 0.0734. The van der Waals surface area contributed by atoms with Crippen LogP contribution in [0.3, 0.4) is 0 Å². The molecular formula is C21H25N3O4S. The fraction of sp³-hybridized carbons (Fsp3) is 0.429. The van der Waals surface area contributed by atoms with Gasteiger partial charge in [-0.25, -0.2) is 8.42 Å². The maximum atomic E-state index is 13.2. The molecule has 2 aliphatic heterocycles. The van der Waals surface area contributed by atoms with E-state index < -0.39 is 10.0 Å². The standard InChI is InChI=1S/C21H25N3O4S/c1-28-15-19-3-2-11-24(19)29(26,27)20-5-4-16-8-12-23(14-18(16)13-20)21(25)17-6-9-22-10-7-17/h4-7,9-10,13,19H,2-3,8,11-12,14-15H2,1H3. The number of amides is 1. The van der Waals surface area contributed by atoms with Crippen molar-refractivity contribution in [2.75, 3.05) is 26.8 Å². The topological polar surface area (TPSA) is 79.8 Å². The Bertz CT molecular complexity index is 994. The van der Waals surface area contributed by atoms with Gasteiger partial charge in [0, 0.05) is 50.7 Å². The van der Waals surface area contributed by atoms with Gasteiger partial charge in [0.2, 0.25) is 10.0 Å². The summed E-state index contributed by atoms with van der Waals surface area (Å²) in [5.74, 6) is -0.0639. The Balaban J connectivity index is 1.58. The molecule has 154 valence electrons. The maximum Gasteiger partial charge on any atom is 0.254 e. The zero-order valence-electron chi connectivity index (χ0n) is 16.5. The third-order valence-corrected chi connectivity index (χ3v) is 7.64.